The third-order valence-corrected chi connectivity index (χ3v) is 9.64. The van der Waals surface area contributed by atoms with E-state index in [1.165, 1.54) is 33.2 Å². The second-order valence-corrected chi connectivity index (χ2v) is 12.4. The first-order valence-electron chi connectivity index (χ1n) is 16.6. The van der Waals surface area contributed by atoms with Gasteiger partial charge in [0.15, 0.2) is 0 Å². The lowest BCUT2D eigenvalue weighted by Gasteiger charge is -2.28. The lowest BCUT2D eigenvalue weighted by molar-refractivity contribution is 0.672. The van der Waals surface area contributed by atoms with Crippen molar-refractivity contribution in [3.63, 3.8) is 0 Å². The highest BCUT2D eigenvalue weighted by atomic mass is 16.3. The van der Waals surface area contributed by atoms with E-state index in [2.05, 4.69) is 187 Å². The SMILES string of the molecule is C1=CCC(c2cc3c(oc4cccc(N(c5ccccc5)c5ccccc5-c5ccccc5)c43)c3ccccc23)C(c2ccccc2)=C1. The standard InChI is InChI=1S/C46H33NO/c1-4-17-32(18-5-1)35-23-10-11-25-37(35)40-31-41-45-43(29-16-30-44(45)48-46(41)39-27-13-12-26-38(39)40)47(34-21-8-3-9-22-34)42-28-15-14-24-36(42)33-19-6-2-7-20-33/h1-24,26-31,37H,25H2. The molecule has 0 amide bonds. The Kier molecular flexibility index (Phi) is 6.98. The summed E-state index contributed by atoms with van der Waals surface area (Å²) in [7, 11) is 0. The molecule has 228 valence electrons. The van der Waals surface area contributed by atoms with E-state index < -0.39 is 0 Å². The number of benzene rings is 7. The van der Waals surface area contributed by atoms with Crippen LogP contribution in [0.25, 0.3) is 49.4 Å². The fraction of sp³-hybridized carbons (Fsp3) is 0.0435. The van der Waals surface area contributed by atoms with Gasteiger partial charge in [0.1, 0.15) is 11.2 Å². The average Bonchev–Trinajstić information content (AvgIpc) is 3.56. The van der Waals surface area contributed by atoms with Crippen LogP contribution in [0.2, 0.25) is 0 Å². The van der Waals surface area contributed by atoms with Gasteiger partial charge in [-0.2, -0.15) is 0 Å². The number of allylic oxidation sites excluding steroid dienone is 4. The lowest BCUT2D eigenvalue weighted by Crippen LogP contribution is -2.11. The number of para-hydroxylation sites is 2. The smallest absolute Gasteiger partial charge is 0.143 e. The second-order valence-electron chi connectivity index (χ2n) is 12.4. The molecule has 1 aliphatic carbocycles. The predicted molar refractivity (Wildman–Crippen MR) is 202 cm³/mol. The molecule has 1 aromatic heterocycles. The zero-order chi connectivity index (χ0) is 31.9. The summed E-state index contributed by atoms with van der Waals surface area (Å²) in [5.41, 5.74) is 11.4. The molecule has 0 radical (unpaired) electrons. The van der Waals surface area contributed by atoms with Crippen LogP contribution in [0.4, 0.5) is 17.1 Å². The Morgan fingerprint density at radius 3 is 1.98 bits per heavy atom. The molecule has 2 heteroatoms. The monoisotopic (exact) mass is 615 g/mol. The van der Waals surface area contributed by atoms with Crippen molar-refractivity contribution in [2.24, 2.45) is 0 Å². The van der Waals surface area contributed by atoms with E-state index in [0.717, 1.165) is 50.8 Å². The Morgan fingerprint density at radius 2 is 1.19 bits per heavy atom. The van der Waals surface area contributed by atoms with Crippen molar-refractivity contribution in [3.05, 3.63) is 193 Å². The molecular weight excluding hydrogens is 583 g/mol. The highest BCUT2D eigenvalue weighted by Gasteiger charge is 2.26. The Bertz CT molecular complexity index is 2470. The minimum absolute atomic E-state index is 0.216. The van der Waals surface area contributed by atoms with Crippen molar-refractivity contribution in [1.82, 2.24) is 0 Å². The van der Waals surface area contributed by atoms with Gasteiger partial charge in [-0.05, 0) is 70.5 Å². The molecule has 8 aromatic rings. The number of anilines is 3. The third kappa shape index (κ3) is 4.73. The number of nitrogens with zero attached hydrogens (tertiary/aromatic N) is 1. The predicted octanol–water partition coefficient (Wildman–Crippen LogP) is 13.0. The van der Waals surface area contributed by atoms with Crippen LogP contribution < -0.4 is 4.90 Å². The van der Waals surface area contributed by atoms with E-state index in [1.54, 1.807) is 0 Å². The van der Waals surface area contributed by atoms with Crippen molar-refractivity contribution in [3.8, 4) is 11.1 Å². The molecule has 1 aliphatic rings. The van der Waals surface area contributed by atoms with Crippen molar-refractivity contribution >= 4 is 55.3 Å². The average molecular weight is 616 g/mol. The summed E-state index contributed by atoms with van der Waals surface area (Å²) in [6.45, 7) is 0. The molecule has 9 rings (SSSR count). The molecule has 7 aromatic carbocycles. The maximum Gasteiger partial charge on any atom is 0.143 e. The number of rotatable bonds is 6. The zero-order valence-corrected chi connectivity index (χ0v) is 26.5. The van der Waals surface area contributed by atoms with Gasteiger partial charge in [0, 0.05) is 27.9 Å². The van der Waals surface area contributed by atoms with Gasteiger partial charge in [0.05, 0.1) is 16.8 Å². The topological polar surface area (TPSA) is 16.4 Å². The van der Waals surface area contributed by atoms with Gasteiger partial charge in [-0.3, -0.25) is 0 Å². The molecule has 1 unspecified atom stereocenters. The van der Waals surface area contributed by atoms with E-state index >= 15 is 0 Å². The number of furan rings is 1. The van der Waals surface area contributed by atoms with Crippen LogP contribution in [0.1, 0.15) is 23.5 Å². The van der Waals surface area contributed by atoms with E-state index in [0.29, 0.717) is 0 Å². The maximum absolute atomic E-state index is 6.84. The Labute approximate surface area is 280 Å². The van der Waals surface area contributed by atoms with Crippen molar-refractivity contribution < 1.29 is 4.42 Å². The Balaban J connectivity index is 1.33. The maximum atomic E-state index is 6.84. The lowest BCUT2D eigenvalue weighted by atomic mass is 9.79. The highest BCUT2D eigenvalue weighted by Crippen LogP contribution is 2.49. The van der Waals surface area contributed by atoms with Gasteiger partial charge >= 0.3 is 0 Å². The van der Waals surface area contributed by atoms with Crippen LogP contribution in [-0.4, -0.2) is 0 Å². The zero-order valence-electron chi connectivity index (χ0n) is 26.5. The van der Waals surface area contributed by atoms with Crippen LogP contribution in [0.15, 0.2) is 186 Å². The molecule has 48 heavy (non-hydrogen) atoms. The number of hydrogen-bond donors (Lipinski definition) is 0. The van der Waals surface area contributed by atoms with Crippen LogP contribution in [0.3, 0.4) is 0 Å². The minimum Gasteiger partial charge on any atom is -0.455 e. The van der Waals surface area contributed by atoms with Crippen LogP contribution >= 0.6 is 0 Å². The molecule has 0 N–H and O–H groups in total. The molecule has 0 saturated heterocycles. The van der Waals surface area contributed by atoms with E-state index in [4.69, 9.17) is 4.42 Å². The van der Waals surface area contributed by atoms with Gasteiger partial charge in [0.2, 0.25) is 0 Å². The largest absolute Gasteiger partial charge is 0.455 e. The van der Waals surface area contributed by atoms with Crippen molar-refractivity contribution in [2.45, 2.75) is 12.3 Å². The summed E-state index contributed by atoms with van der Waals surface area (Å²) >= 11 is 0. The fourth-order valence-corrected chi connectivity index (χ4v) is 7.50. The molecule has 1 atom stereocenters. The summed E-state index contributed by atoms with van der Waals surface area (Å²) in [5.74, 6) is 0.216. The van der Waals surface area contributed by atoms with Gasteiger partial charge < -0.3 is 9.32 Å². The number of hydrogen-bond acceptors (Lipinski definition) is 2. The first-order valence-corrected chi connectivity index (χ1v) is 16.6. The first-order chi connectivity index (χ1) is 23.8. The Morgan fingerprint density at radius 1 is 0.542 bits per heavy atom. The summed E-state index contributed by atoms with van der Waals surface area (Å²) < 4.78 is 6.84. The van der Waals surface area contributed by atoms with E-state index in [-0.39, 0.29) is 5.92 Å². The normalized spacial score (nSPS) is 14.4. The van der Waals surface area contributed by atoms with E-state index in [9.17, 15) is 0 Å². The molecular formula is C46H33NO. The summed E-state index contributed by atoms with van der Waals surface area (Å²) in [4.78, 5) is 2.40. The summed E-state index contributed by atoms with van der Waals surface area (Å²) in [6.07, 6.45) is 7.73. The summed E-state index contributed by atoms with van der Waals surface area (Å²) in [5, 5.41) is 4.63. The molecule has 0 saturated carbocycles. The fourth-order valence-electron chi connectivity index (χ4n) is 7.50. The third-order valence-electron chi connectivity index (χ3n) is 9.64. The second kappa shape index (κ2) is 11.9. The Hall–Kier alpha value is -6.12. The molecule has 1 heterocycles. The van der Waals surface area contributed by atoms with Crippen molar-refractivity contribution in [2.75, 3.05) is 4.90 Å². The van der Waals surface area contributed by atoms with Crippen molar-refractivity contribution in [1.29, 1.82) is 0 Å². The molecule has 2 nitrogen and oxygen atoms in total. The van der Waals surface area contributed by atoms with Gasteiger partial charge in [0.25, 0.3) is 0 Å². The van der Waals surface area contributed by atoms with Gasteiger partial charge in [-0.1, -0.05) is 146 Å². The quantitative estimate of drug-likeness (QED) is 0.185. The minimum atomic E-state index is 0.216. The molecule has 0 aliphatic heterocycles. The highest BCUT2D eigenvalue weighted by molar-refractivity contribution is 6.20. The van der Waals surface area contributed by atoms with Crippen LogP contribution in [0, 0.1) is 0 Å². The van der Waals surface area contributed by atoms with Crippen LogP contribution in [0.5, 0.6) is 0 Å². The molecule has 0 spiro atoms. The summed E-state index contributed by atoms with van der Waals surface area (Å²) in [6, 6.07) is 58.5. The molecule has 0 fully saturated rings. The van der Waals surface area contributed by atoms with E-state index in [1.807, 2.05) is 0 Å². The van der Waals surface area contributed by atoms with Gasteiger partial charge in [-0.15, -0.1) is 0 Å². The van der Waals surface area contributed by atoms with Crippen LogP contribution in [-0.2, 0) is 0 Å². The number of fused-ring (bicyclic) bond motifs is 5. The molecule has 0 bridgehead atoms. The van der Waals surface area contributed by atoms with Gasteiger partial charge in [-0.25, -0.2) is 0 Å². The first kappa shape index (κ1) is 28.1.